The maximum absolute atomic E-state index is 12.9. The maximum atomic E-state index is 12.9. The SMILES string of the molecule is C=CC(=O)NC(CO)Cc1cccc(F)c1. The van der Waals surface area contributed by atoms with E-state index < -0.39 is 6.04 Å². The molecule has 0 heterocycles. The smallest absolute Gasteiger partial charge is 0.243 e. The molecule has 0 aliphatic carbocycles. The molecular weight excluding hydrogens is 209 g/mol. The van der Waals surface area contributed by atoms with E-state index in [-0.39, 0.29) is 18.3 Å². The van der Waals surface area contributed by atoms with Crippen molar-refractivity contribution < 1.29 is 14.3 Å². The molecule has 86 valence electrons. The van der Waals surface area contributed by atoms with E-state index in [4.69, 9.17) is 5.11 Å². The van der Waals surface area contributed by atoms with E-state index in [0.717, 1.165) is 11.6 Å². The Bertz CT molecular complexity index is 379. The first-order chi connectivity index (χ1) is 7.65. The van der Waals surface area contributed by atoms with Crippen LogP contribution in [0, 0.1) is 5.82 Å². The summed E-state index contributed by atoms with van der Waals surface area (Å²) in [7, 11) is 0. The summed E-state index contributed by atoms with van der Waals surface area (Å²) in [5.74, 6) is -0.681. The van der Waals surface area contributed by atoms with Crippen molar-refractivity contribution in [2.24, 2.45) is 0 Å². The number of carbonyl (C=O) groups excluding carboxylic acids is 1. The van der Waals surface area contributed by atoms with Crippen molar-refractivity contribution in [2.75, 3.05) is 6.61 Å². The first-order valence-corrected chi connectivity index (χ1v) is 4.94. The first-order valence-electron chi connectivity index (χ1n) is 4.94. The van der Waals surface area contributed by atoms with Crippen LogP contribution in [0.3, 0.4) is 0 Å². The summed E-state index contributed by atoms with van der Waals surface area (Å²) < 4.78 is 12.9. The van der Waals surface area contributed by atoms with E-state index >= 15 is 0 Å². The number of benzene rings is 1. The fraction of sp³-hybridized carbons (Fsp3) is 0.250. The highest BCUT2D eigenvalue weighted by molar-refractivity contribution is 5.87. The van der Waals surface area contributed by atoms with E-state index in [9.17, 15) is 9.18 Å². The number of hydrogen-bond donors (Lipinski definition) is 2. The second kappa shape index (κ2) is 6.02. The molecule has 1 atom stereocenters. The lowest BCUT2D eigenvalue weighted by atomic mass is 10.1. The van der Waals surface area contributed by atoms with Crippen LogP contribution in [-0.2, 0) is 11.2 Å². The summed E-state index contributed by atoms with van der Waals surface area (Å²) in [4.78, 5) is 11.0. The van der Waals surface area contributed by atoms with E-state index in [1.807, 2.05) is 0 Å². The van der Waals surface area contributed by atoms with Gasteiger partial charge in [0.25, 0.3) is 0 Å². The molecule has 1 unspecified atom stereocenters. The number of hydrogen-bond acceptors (Lipinski definition) is 2. The fourth-order valence-electron chi connectivity index (χ4n) is 1.37. The number of aliphatic hydroxyl groups is 1. The van der Waals surface area contributed by atoms with E-state index in [1.54, 1.807) is 12.1 Å². The predicted molar refractivity (Wildman–Crippen MR) is 59.3 cm³/mol. The van der Waals surface area contributed by atoms with Gasteiger partial charge in [0.1, 0.15) is 5.82 Å². The number of amides is 1. The lowest BCUT2D eigenvalue weighted by molar-refractivity contribution is -0.117. The zero-order valence-electron chi connectivity index (χ0n) is 8.82. The standard InChI is InChI=1S/C12H14FNO2/c1-2-12(16)14-11(8-15)7-9-4-3-5-10(13)6-9/h2-6,11,15H,1,7-8H2,(H,14,16). The molecule has 1 aromatic carbocycles. The number of carbonyl (C=O) groups is 1. The number of rotatable bonds is 5. The minimum absolute atomic E-state index is 0.198. The van der Waals surface area contributed by atoms with Crippen molar-refractivity contribution in [2.45, 2.75) is 12.5 Å². The molecule has 1 aromatic rings. The number of nitrogens with one attached hydrogen (secondary N) is 1. The average Bonchev–Trinajstić information content (AvgIpc) is 2.28. The molecule has 0 aliphatic rings. The number of halogens is 1. The van der Waals surface area contributed by atoms with Gasteiger partial charge in [-0.15, -0.1) is 0 Å². The van der Waals surface area contributed by atoms with Crippen LogP contribution in [0.15, 0.2) is 36.9 Å². The topological polar surface area (TPSA) is 49.3 Å². The highest BCUT2D eigenvalue weighted by atomic mass is 19.1. The molecule has 4 heteroatoms. The maximum Gasteiger partial charge on any atom is 0.243 e. The highest BCUT2D eigenvalue weighted by Gasteiger charge is 2.10. The van der Waals surface area contributed by atoms with Gasteiger partial charge in [0.05, 0.1) is 12.6 Å². The van der Waals surface area contributed by atoms with E-state index in [0.29, 0.717) is 6.42 Å². The van der Waals surface area contributed by atoms with Gasteiger partial charge in [0.2, 0.25) is 5.91 Å². The molecule has 0 fully saturated rings. The van der Waals surface area contributed by atoms with Gasteiger partial charge < -0.3 is 10.4 Å². The van der Waals surface area contributed by atoms with Crippen LogP contribution < -0.4 is 5.32 Å². The van der Waals surface area contributed by atoms with Crippen molar-refractivity contribution in [1.82, 2.24) is 5.32 Å². The summed E-state index contributed by atoms with van der Waals surface area (Å²) in [6, 6.07) is 5.63. The van der Waals surface area contributed by atoms with Crippen LogP contribution in [0.2, 0.25) is 0 Å². The summed E-state index contributed by atoms with van der Waals surface area (Å²) in [5, 5.41) is 11.6. The van der Waals surface area contributed by atoms with Gasteiger partial charge in [-0.2, -0.15) is 0 Å². The van der Waals surface area contributed by atoms with Crippen molar-refractivity contribution in [3.05, 3.63) is 48.3 Å². The third kappa shape index (κ3) is 3.82. The Morgan fingerprint density at radius 2 is 2.38 bits per heavy atom. The molecule has 16 heavy (non-hydrogen) atoms. The Morgan fingerprint density at radius 1 is 1.62 bits per heavy atom. The molecule has 1 amide bonds. The van der Waals surface area contributed by atoms with Crippen molar-refractivity contribution in [1.29, 1.82) is 0 Å². The van der Waals surface area contributed by atoms with Crippen LogP contribution in [0.1, 0.15) is 5.56 Å². The average molecular weight is 223 g/mol. The van der Waals surface area contributed by atoms with Crippen LogP contribution in [0.5, 0.6) is 0 Å². The van der Waals surface area contributed by atoms with Gasteiger partial charge in [-0.25, -0.2) is 4.39 Å². The van der Waals surface area contributed by atoms with Gasteiger partial charge in [0.15, 0.2) is 0 Å². The summed E-state index contributed by atoms with van der Waals surface area (Å²) in [6.07, 6.45) is 1.52. The molecule has 2 N–H and O–H groups in total. The van der Waals surface area contributed by atoms with Crippen molar-refractivity contribution in [3.63, 3.8) is 0 Å². The highest BCUT2D eigenvalue weighted by Crippen LogP contribution is 2.06. The minimum atomic E-state index is -0.424. The molecular formula is C12H14FNO2. The second-order valence-electron chi connectivity index (χ2n) is 3.43. The van der Waals surface area contributed by atoms with E-state index in [2.05, 4.69) is 11.9 Å². The summed E-state index contributed by atoms with van der Waals surface area (Å²) >= 11 is 0. The van der Waals surface area contributed by atoms with Crippen LogP contribution in [-0.4, -0.2) is 23.7 Å². The minimum Gasteiger partial charge on any atom is -0.394 e. The Labute approximate surface area is 93.6 Å². The van der Waals surface area contributed by atoms with Crippen LogP contribution in [0.25, 0.3) is 0 Å². The third-order valence-corrected chi connectivity index (χ3v) is 2.12. The zero-order valence-corrected chi connectivity index (χ0v) is 8.82. The zero-order chi connectivity index (χ0) is 12.0. The molecule has 0 saturated carbocycles. The molecule has 0 saturated heterocycles. The van der Waals surface area contributed by atoms with Gasteiger partial charge in [-0.1, -0.05) is 18.7 Å². The quantitative estimate of drug-likeness (QED) is 0.732. The van der Waals surface area contributed by atoms with E-state index in [1.165, 1.54) is 12.1 Å². The summed E-state index contributed by atoms with van der Waals surface area (Å²) in [5.41, 5.74) is 0.725. The first kappa shape index (κ1) is 12.4. The van der Waals surface area contributed by atoms with Crippen LogP contribution >= 0.6 is 0 Å². The molecule has 0 aromatic heterocycles. The Balaban J connectivity index is 2.62. The lowest BCUT2D eigenvalue weighted by Gasteiger charge is -2.15. The Kier molecular flexibility index (Phi) is 4.66. The van der Waals surface area contributed by atoms with Crippen LogP contribution in [0.4, 0.5) is 4.39 Å². The molecule has 0 radical (unpaired) electrons. The summed E-state index contributed by atoms with van der Waals surface area (Å²) in [6.45, 7) is 3.12. The fourth-order valence-corrected chi connectivity index (χ4v) is 1.37. The molecule has 1 rings (SSSR count). The Morgan fingerprint density at radius 3 is 2.94 bits per heavy atom. The molecule has 0 aliphatic heterocycles. The van der Waals surface area contributed by atoms with Gasteiger partial charge in [-0.05, 0) is 30.2 Å². The van der Waals surface area contributed by atoms with Gasteiger partial charge >= 0.3 is 0 Å². The predicted octanol–water partition coefficient (Wildman–Crippen LogP) is 1.03. The monoisotopic (exact) mass is 223 g/mol. The van der Waals surface area contributed by atoms with Crippen molar-refractivity contribution >= 4 is 5.91 Å². The number of aliphatic hydroxyl groups excluding tert-OH is 1. The molecule has 0 spiro atoms. The van der Waals surface area contributed by atoms with Gasteiger partial charge in [0, 0.05) is 0 Å². The lowest BCUT2D eigenvalue weighted by Crippen LogP contribution is -2.38. The molecule has 0 bridgehead atoms. The van der Waals surface area contributed by atoms with Crippen molar-refractivity contribution in [3.8, 4) is 0 Å². The molecule has 3 nitrogen and oxygen atoms in total. The largest absolute Gasteiger partial charge is 0.394 e. The van der Waals surface area contributed by atoms with Gasteiger partial charge in [-0.3, -0.25) is 4.79 Å². The normalized spacial score (nSPS) is 11.9. The third-order valence-electron chi connectivity index (χ3n) is 2.12. The Hall–Kier alpha value is -1.68. The second-order valence-corrected chi connectivity index (χ2v) is 3.43.